The van der Waals surface area contributed by atoms with Crippen LogP contribution in [0, 0.1) is 10.1 Å². The van der Waals surface area contributed by atoms with Gasteiger partial charge in [0.05, 0.1) is 20.1 Å². The zero-order chi connectivity index (χ0) is 24.1. The lowest BCUT2D eigenvalue weighted by molar-refractivity contribution is -0.384. The number of carbonyl (C=O) groups is 1. The molecule has 0 saturated carbocycles. The molecule has 0 fully saturated rings. The van der Waals surface area contributed by atoms with Crippen LogP contribution in [0.4, 0.5) is 11.4 Å². The highest BCUT2D eigenvalue weighted by Gasteiger charge is 2.22. The van der Waals surface area contributed by atoms with E-state index in [1.165, 1.54) is 49.4 Å². The predicted molar refractivity (Wildman–Crippen MR) is 121 cm³/mol. The van der Waals surface area contributed by atoms with Gasteiger partial charge in [0.1, 0.15) is 29.8 Å². The Morgan fingerprint density at radius 1 is 1.25 bits per heavy atom. The van der Waals surface area contributed by atoms with Gasteiger partial charge in [-0.1, -0.05) is 24.3 Å². The number of hydrogen-bond donors (Lipinski definition) is 1. The van der Waals surface area contributed by atoms with Gasteiger partial charge in [-0.25, -0.2) is 13.2 Å². The van der Waals surface area contributed by atoms with Crippen molar-refractivity contribution < 1.29 is 27.6 Å². The molecule has 32 heavy (non-hydrogen) atoms. The van der Waals surface area contributed by atoms with Crippen molar-refractivity contribution in [2.24, 2.45) is 0 Å². The van der Waals surface area contributed by atoms with Crippen LogP contribution in [0.1, 0.15) is 20.8 Å². The van der Waals surface area contributed by atoms with Crippen LogP contribution in [0.15, 0.2) is 53.9 Å². The molecular formula is C21H23ClN2O7S. The molecule has 0 aliphatic carbocycles. The molecule has 2 aromatic carbocycles. The fourth-order valence-electron chi connectivity index (χ4n) is 2.55. The molecule has 0 amide bonds. The normalized spacial score (nSPS) is 12.2. The smallest absolute Gasteiger partial charge is 0.328 e. The summed E-state index contributed by atoms with van der Waals surface area (Å²) in [5, 5.41) is 13.6. The second-order valence-corrected chi connectivity index (χ2v) is 9.92. The van der Waals surface area contributed by atoms with Crippen LogP contribution in [0.2, 0.25) is 5.02 Å². The van der Waals surface area contributed by atoms with Crippen molar-refractivity contribution in [3.05, 3.63) is 64.2 Å². The van der Waals surface area contributed by atoms with E-state index in [2.05, 4.69) is 11.9 Å². The van der Waals surface area contributed by atoms with Gasteiger partial charge in [-0.2, -0.15) is 0 Å². The highest BCUT2D eigenvalue weighted by Crippen LogP contribution is 2.36. The third kappa shape index (κ3) is 5.98. The maximum absolute atomic E-state index is 12.3. The molecule has 0 aliphatic rings. The van der Waals surface area contributed by atoms with Crippen molar-refractivity contribution in [3.63, 3.8) is 0 Å². The molecule has 0 radical (unpaired) electrons. The quantitative estimate of drug-likeness (QED) is 0.222. The number of benzene rings is 2. The molecule has 0 spiro atoms. The van der Waals surface area contributed by atoms with Crippen LogP contribution < -0.4 is 10.1 Å². The van der Waals surface area contributed by atoms with Crippen molar-refractivity contribution in [1.29, 1.82) is 0 Å². The van der Waals surface area contributed by atoms with Gasteiger partial charge in [0, 0.05) is 12.1 Å². The second kappa shape index (κ2) is 10.5. The third-order valence-corrected chi connectivity index (χ3v) is 6.76. The van der Waals surface area contributed by atoms with E-state index in [1.807, 2.05) is 0 Å². The number of anilines is 1. The first-order valence-corrected chi connectivity index (χ1v) is 11.4. The Bertz CT molecular complexity index is 1130. The molecule has 9 nitrogen and oxygen atoms in total. The summed E-state index contributed by atoms with van der Waals surface area (Å²) in [6, 6.07) is 7.09. The number of nitro benzene ring substituents is 1. The van der Waals surface area contributed by atoms with Crippen LogP contribution in [-0.4, -0.2) is 37.2 Å². The van der Waals surface area contributed by atoms with E-state index < -0.39 is 32.0 Å². The Balaban J connectivity index is 2.31. The topological polar surface area (TPSA) is 125 Å². The Morgan fingerprint density at radius 3 is 2.50 bits per heavy atom. The summed E-state index contributed by atoms with van der Waals surface area (Å²) in [4.78, 5) is 22.8. The highest BCUT2D eigenvalue weighted by molar-refractivity contribution is 7.92. The zero-order valence-electron chi connectivity index (χ0n) is 17.7. The maximum Gasteiger partial charge on any atom is 0.328 e. The Morgan fingerprint density at radius 2 is 1.94 bits per heavy atom. The number of ether oxygens (including phenoxy) is 2. The van der Waals surface area contributed by atoms with E-state index in [4.69, 9.17) is 21.1 Å². The molecule has 1 N–H and O–H groups in total. The van der Waals surface area contributed by atoms with E-state index in [9.17, 15) is 23.3 Å². The number of esters is 1. The largest absolute Gasteiger partial charge is 0.460 e. The molecule has 2 rings (SSSR count). The number of hydrogen-bond acceptors (Lipinski definition) is 8. The van der Waals surface area contributed by atoms with Gasteiger partial charge in [-0.05, 0) is 45.0 Å². The Kier molecular flexibility index (Phi) is 8.23. The maximum atomic E-state index is 12.3. The van der Waals surface area contributed by atoms with Crippen LogP contribution >= 0.6 is 11.6 Å². The minimum atomic E-state index is -3.51. The van der Waals surface area contributed by atoms with E-state index in [1.54, 1.807) is 13.8 Å². The fraction of sp³-hybridized carbons (Fsp3) is 0.286. The van der Waals surface area contributed by atoms with E-state index in [0.29, 0.717) is 0 Å². The van der Waals surface area contributed by atoms with E-state index >= 15 is 0 Å². The fourth-order valence-corrected chi connectivity index (χ4v) is 3.92. The summed E-state index contributed by atoms with van der Waals surface area (Å²) in [6.07, 6.45) is 1.41. The van der Waals surface area contributed by atoms with Gasteiger partial charge >= 0.3 is 5.97 Å². The lowest BCUT2D eigenvalue weighted by Crippen LogP contribution is -2.28. The second-order valence-electron chi connectivity index (χ2n) is 7.01. The van der Waals surface area contributed by atoms with Crippen molar-refractivity contribution >= 4 is 38.8 Å². The van der Waals surface area contributed by atoms with Gasteiger partial charge in [0.25, 0.3) is 5.69 Å². The van der Waals surface area contributed by atoms with Crippen molar-refractivity contribution in [2.75, 3.05) is 11.9 Å². The van der Waals surface area contributed by atoms with Crippen LogP contribution in [0.25, 0.3) is 0 Å². The molecule has 0 bridgehead atoms. The number of halogens is 1. The van der Waals surface area contributed by atoms with Gasteiger partial charge in [-0.15, -0.1) is 0 Å². The number of nitrogens with one attached hydrogen (secondary N) is 1. The average Bonchev–Trinajstić information content (AvgIpc) is 2.73. The Labute approximate surface area is 191 Å². The first kappa shape index (κ1) is 25.2. The monoisotopic (exact) mass is 482 g/mol. The number of nitrogens with zero attached hydrogens (tertiary/aromatic N) is 1. The molecule has 0 heterocycles. The van der Waals surface area contributed by atoms with Gasteiger partial charge in [0.15, 0.2) is 9.84 Å². The van der Waals surface area contributed by atoms with Crippen molar-refractivity contribution in [3.8, 4) is 11.5 Å². The summed E-state index contributed by atoms with van der Waals surface area (Å²) in [5.41, 5.74) is -0.240. The summed E-state index contributed by atoms with van der Waals surface area (Å²) < 4.78 is 35.3. The zero-order valence-corrected chi connectivity index (χ0v) is 19.3. The first-order chi connectivity index (χ1) is 15.0. The molecule has 2 aromatic rings. The first-order valence-electron chi connectivity index (χ1n) is 9.51. The van der Waals surface area contributed by atoms with Gasteiger partial charge in [-0.3, -0.25) is 10.1 Å². The average molecular weight is 483 g/mol. The SMILES string of the molecule is C=CCOC(=O)C(C)Nc1cc(Oc2ccc(S(=O)(=O)C(C)C)cc2Cl)ccc1[N+](=O)[O-]. The summed E-state index contributed by atoms with van der Waals surface area (Å²) in [5.74, 6) is -0.269. The summed E-state index contributed by atoms with van der Waals surface area (Å²) in [6.45, 7) is 8.08. The molecule has 0 aromatic heterocycles. The number of rotatable bonds is 10. The number of sulfone groups is 1. The number of nitro groups is 1. The lowest BCUT2D eigenvalue weighted by Gasteiger charge is -2.15. The molecule has 11 heteroatoms. The van der Waals surface area contributed by atoms with Crippen molar-refractivity contribution in [2.45, 2.75) is 37.0 Å². The van der Waals surface area contributed by atoms with Gasteiger partial charge in [0.2, 0.25) is 0 Å². The van der Waals surface area contributed by atoms with E-state index in [0.717, 1.165) is 0 Å². The molecule has 1 atom stereocenters. The molecular weight excluding hydrogens is 460 g/mol. The van der Waals surface area contributed by atoms with Crippen LogP contribution in [0.3, 0.4) is 0 Å². The van der Waals surface area contributed by atoms with Crippen LogP contribution in [-0.2, 0) is 19.4 Å². The highest BCUT2D eigenvalue weighted by atomic mass is 35.5. The minimum Gasteiger partial charge on any atom is -0.460 e. The molecule has 0 saturated heterocycles. The minimum absolute atomic E-state index is 0.0110. The lowest BCUT2D eigenvalue weighted by atomic mass is 10.2. The third-order valence-electron chi connectivity index (χ3n) is 4.31. The summed E-state index contributed by atoms with van der Waals surface area (Å²) >= 11 is 6.20. The van der Waals surface area contributed by atoms with E-state index in [-0.39, 0.29) is 39.4 Å². The van der Waals surface area contributed by atoms with Crippen LogP contribution in [0.5, 0.6) is 11.5 Å². The van der Waals surface area contributed by atoms with Crippen molar-refractivity contribution in [1.82, 2.24) is 0 Å². The predicted octanol–water partition coefficient (Wildman–Crippen LogP) is 4.75. The Hall–Kier alpha value is -3.11. The molecule has 172 valence electrons. The number of carbonyl (C=O) groups excluding carboxylic acids is 1. The molecule has 0 aliphatic heterocycles. The molecule has 1 unspecified atom stereocenters. The van der Waals surface area contributed by atoms with Gasteiger partial charge < -0.3 is 14.8 Å². The standard InChI is InChI=1S/C21H23ClN2O7S/c1-5-10-30-21(25)14(4)23-18-11-15(6-8-19(18)24(26)27)31-20-9-7-16(12-17(20)22)32(28,29)13(2)3/h5-9,11-14,23H,1,10H2,2-4H3. The summed E-state index contributed by atoms with van der Waals surface area (Å²) in [7, 11) is -3.51.